The van der Waals surface area contributed by atoms with Crippen LogP contribution in [0.1, 0.15) is 54.2 Å². The molecule has 0 aliphatic rings. The van der Waals surface area contributed by atoms with Crippen LogP contribution in [0.15, 0.2) is 30.3 Å². The van der Waals surface area contributed by atoms with Crippen LogP contribution < -0.4 is 5.32 Å². The van der Waals surface area contributed by atoms with E-state index in [1.807, 2.05) is 6.07 Å². The highest BCUT2D eigenvalue weighted by molar-refractivity contribution is 6.44. The number of amides is 1. The number of hydrogen-bond acceptors (Lipinski definition) is 4. The molecule has 2 rings (SSSR count). The predicted molar refractivity (Wildman–Crippen MR) is 99.1 cm³/mol. The van der Waals surface area contributed by atoms with E-state index in [0.29, 0.717) is 16.8 Å². The van der Waals surface area contributed by atoms with Crippen LogP contribution in [0.3, 0.4) is 0 Å². The summed E-state index contributed by atoms with van der Waals surface area (Å²) in [5.74, 6) is -1.99. The molecule has 0 aliphatic carbocycles. The van der Waals surface area contributed by atoms with Gasteiger partial charge in [0.2, 0.25) is 0 Å². The zero-order valence-corrected chi connectivity index (χ0v) is 15.7. The van der Waals surface area contributed by atoms with E-state index < -0.39 is 23.2 Å². The van der Waals surface area contributed by atoms with Crippen molar-refractivity contribution in [1.29, 1.82) is 0 Å². The second-order valence-corrected chi connectivity index (χ2v) is 6.99. The minimum Gasteiger partial charge on any atom is -0.462 e. The summed E-state index contributed by atoms with van der Waals surface area (Å²) >= 11 is 0. The third kappa shape index (κ3) is 4.20. The molecule has 0 saturated heterocycles. The topological polar surface area (TPSA) is 88.3 Å². The van der Waals surface area contributed by atoms with Gasteiger partial charge in [0.1, 0.15) is 5.69 Å². The third-order valence-electron chi connectivity index (χ3n) is 3.65. The summed E-state index contributed by atoms with van der Waals surface area (Å²) in [6.45, 7) is 8.98. The standard InChI is InChI=1S/C20H24N2O4/c1-6-26-19(25)14-12(2)21-16(15(14)13-10-8-7-9-11-13)17(23)18(24)22-20(3,4)5/h7-11,21H,6H2,1-5H3,(H,22,24). The highest BCUT2D eigenvalue weighted by Crippen LogP contribution is 2.31. The maximum Gasteiger partial charge on any atom is 0.340 e. The zero-order chi connectivity index (χ0) is 19.5. The lowest BCUT2D eigenvalue weighted by molar-refractivity contribution is -0.118. The van der Waals surface area contributed by atoms with Gasteiger partial charge in [-0.15, -0.1) is 0 Å². The van der Waals surface area contributed by atoms with Crippen molar-refractivity contribution in [2.24, 2.45) is 0 Å². The van der Waals surface area contributed by atoms with Crippen molar-refractivity contribution in [3.8, 4) is 11.1 Å². The predicted octanol–water partition coefficient (Wildman–Crippen LogP) is 3.26. The molecular formula is C20H24N2O4. The Morgan fingerprint density at radius 3 is 2.27 bits per heavy atom. The fourth-order valence-electron chi connectivity index (χ4n) is 2.66. The third-order valence-corrected chi connectivity index (χ3v) is 3.65. The zero-order valence-electron chi connectivity index (χ0n) is 15.7. The molecule has 1 aromatic carbocycles. The second-order valence-electron chi connectivity index (χ2n) is 6.99. The van der Waals surface area contributed by atoms with Gasteiger partial charge in [0.25, 0.3) is 11.7 Å². The molecule has 138 valence electrons. The fraction of sp³-hybridized carbons (Fsp3) is 0.350. The lowest BCUT2D eigenvalue weighted by Crippen LogP contribution is -2.44. The SMILES string of the molecule is CCOC(=O)c1c(C)[nH]c(C(=O)C(=O)NC(C)(C)C)c1-c1ccccc1. The highest BCUT2D eigenvalue weighted by Gasteiger charge is 2.30. The largest absolute Gasteiger partial charge is 0.462 e. The van der Waals surface area contributed by atoms with Crippen molar-refractivity contribution < 1.29 is 19.1 Å². The van der Waals surface area contributed by atoms with Gasteiger partial charge in [0.15, 0.2) is 0 Å². The normalized spacial score (nSPS) is 11.1. The number of hydrogen-bond donors (Lipinski definition) is 2. The van der Waals surface area contributed by atoms with E-state index in [-0.39, 0.29) is 17.9 Å². The molecule has 6 heteroatoms. The number of aromatic amines is 1. The molecule has 0 bridgehead atoms. The molecule has 0 fully saturated rings. The number of carbonyl (C=O) groups is 3. The Kier molecular flexibility index (Phi) is 5.65. The number of aryl methyl sites for hydroxylation is 1. The lowest BCUT2D eigenvalue weighted by atomic mass is 9.98. The van der Waals surface area contributed by atoms with E-state index in [0.717, 1.165) is 0 Å². The molecule has 0 atom stereocenters. The number of carbonyl (C=O) groups excluding carboxylic acids is 3. The quantitative estimate of drug-likeness (QED) is 0.489. The van der Waals surface area contributed by atoms with Gasteiger partial charge in [-0.1, -0.05) is 30.3 Å². The van der Waals surface area contributed by atoms with Gasteiger partial charge in [-0.25, -0.2) is 4.79 Å². The van der Waals surface area contributed by atoms with E-state index >= 15 is 0 Å². The lowest BCUT2D eigenvalue weighted by Gasteiger charge is -2.19. The van der Waals surface area contributed by atoms with E-state index in [2.05, 4.69) is 10.3 Å². The first-order valence-corrected chi connectivity index (χ1v) is 8.47. The van der Waals surface area contributed by atoms with Gasteiger partial charge in [-0.05, 0) is 40.2 Å². The van der Waals surface area contributed by atoms with Crippen LogP contribution in [0.25, 0.3) is 11.1 Å². The number of ketones is 1. The Morgan fingerprint density at radius 1 is 1.12 bits per heavy atom. The Morgan fingerprint density at radius 2 is 1.73 bits per heavy atom. The van der Waals surface area contributed by atoms with Crippen molar-refractivity contribution in [2.75, 3.05) is 6.61 Å². The van der Waals surface area contributed by atoms with Crippen LogP contribution in [0.4, 0.5) is 0 Å². The van der Waals surface area contributed by atoms with E-state index in [1.165, 1.54) is 0 Å². The molecule has 0 unspecified atom stereocenters. The Labute approximate surface area is 152 Å². The molecule has 1 aromatic heterocycles. The molecule has 0 aliphatic heterocycles. The molecule has 1 amide bonds. The Hall–Kier alpha value is -2.89. The molecule has 0 saturated carbocycles. The number of rotatable bonds is 5. The van der Waals surface area contributed by atoms with Crippen LogP contribution in [-0.4, -0.2) is 34.8 Å². The van der Waals surface area contributed by atoms with Crippen molar-refractivity contribution in [2.45, 2.75) is 40.2 Å². The Bertz CT molecular complexity index is 829. The summed E-state index contributed by atoms with van der Waals surface area (Å²) in [5.41, 5.74) is 1.32. The van der Waals surface area contributed by atoms with Crippen molar-refractivity contribution >= 4 is 17.7 Å². The van der Waals surface area contributed by atoms with Crippen LogP contribution in [0.2, 0.25) is 0 Å². The van der Waals surface area contributed by atoms with E-state index in [4.69, 9.17) is 4.74 Å². The van der Waals surface area contributed by atoms with Crippen LogP contribution in [0, 0.1) is 6.92 Å². The van der Waals surface area contributed by atoms with Crippen molar-refractivity contribution in [3.05, 3.63) is 47.3 Å². The van der Waals surface area contributed by atoms with Gasteiger partial charge in [-0.3, -0.25) is 9.59 Å². The summed E-state index contributed by atoms with van der Waals surface area (Å²) in [6, 6.07) is 9.00. The number of Topliss-reactive ketones (excluding diaryl/α,β-unsaturated/α-hetero) is 1. The molecule has 2 N–H and O–H groups in total. The molecule has 26 heavy (non-hydrogen) atoms. The first-order chi connectivity index (χ1) is 12.2. The van der Waals surface area contributed by atoms with Crippen LogP contribution >= 0.6 is 0 Å². The van der Waals surface area contributed by atoms with Crippen LogP contribution in [-0.2, 0) is 9.53 Å². The summed E-state index contributed by atoms with van der Waals surface area (Å²) in [5, 5.41) is 2.65. The summed E-state index contributed by atoms with van der Waals surface area (Å²) < 4.78 is 5.13. The monoisotopic (exact) mass is 356 g/mol. The number of benzene rings is 1. The van der Waals surface area contributed by atoms with Crippen molar-refractivity contribution in [3.63, 3.8) is 0 Å². The summed E-state index contributed by atoms with van der Waals surface area (Å²) in [4.78, 5) is 40.5. The first-order valence-electron chi connectivity index (χ1n) is 8.47. The number of aromatic nitrogens is 1. The second kappa shape index (κ2) is 7.56. The summed E-state index contributed by atoms with van der Waals surface area (Å²) in [6.07, 6.45) is 0. The number of ether oxygens (including phenoxy) is 1. The minimum absolute atomic E-state index is 0.0819. The van der Waals surface area contributed by atoms with E-state index in [9.17, 15) is 14.4 Å². The van der Waals surface area contributed by atoms with Gasteiger partial charge < -0.3 is 15.0 Å². The number of nitrogens with one attached hydrogen (secondary N) is 2. The average molecular weight is 356 g/mol. The minimum atomic E-state index is -0.730. The Balaban J connectivity index is 2.60. The number of H-pyrrole nitrogens is 1. The fourth-order valence-corrected chi connectivity index (χ4v) is 2.66. The van der Waals surface area contributed by atoms with Gasteiger partial charge >= 0.3 is 5.97 Å². The molecule has 1 heterocycles. The van der Waals surface area contributed by atoms with E-state index in [1.54, 1.807) is 58.9 Å². The molecular weight excluding hydrogens is 332 g/mol. The first kappa shape index (κ1) is 19.4. The smallest absolute Gasteiger partial charge is 0.340 e. The van der Waals surface area contributed by atoms with Crippen LogP contribution in [0.5, 0.6) is 0 Å². The molecule has 6 nitrogen and oxygen atoms in total. The molecule has 0 spiro atoms. The van der Waals surface area contributed by atoms with Gasteiger partial charge in [0.05, 0.1) is 12.2 Å². The van der Waals surface area contributed by atoms with Gasteiger partial charge in [0, 0.05) is 16.8 Å². The molecule has 2 aromatic rings. The average Bonchev–Trinajstić information content (AvgIpc) is 2.91. The highest BCUT2D eigenvalue weighted by atomic mass is 16.5. The maximum absolute atomic E-state index is 12.8. The number of esters is 1. The van der Waals surface area contributed by atoms with Crippen molar-refractivity contribution in [1.82, 2.24) is 10.3 Å². The maximum atomic E-state index is 12.8. The summed E-state index contributed by atoms with van der Waals surface area (Å²) in [7, 11) is 0. The molecule has 0 radical (unpaired) electrons. The van der Waals surface area contributed by atoms with Gasteiger partial charge in [-0.2, -0.15) is 0 Å².